The average Bonchev–Trinajstić information content (AvgIpc) is 2.05. The topological polar surface area (TPSA) is 78.8 Å². The Hall–Kier alpha value is -0.650. The zero-order valence-corrected chi connectivity index (χ0v) is 6.57. The number of aliphatic hydroxyl groups is 2. The van der Waals surface area contributed by atoms with E-state index in [2.05, 4.69) is 10.1 Å². The SMILES string of the molecule is CNC(=O)C(O)C(CO)OC. The molecule has 0 saturated carbocycles. The number of carbonyl (C=O) groups is 1. The number of hydrogen-bond donors (Lipinski definition) is 3. The molecule has 3 N–H and O–H groups in total. The summed E-state index contributed by atoms with van der Waals surface area (Å²) >= 11 is 0. The molecule has 0 saturated heterocycles. The van der Waals surface area contributed by atoms with E-state index in [-0.39, 0.29) is 6.61 Å². The molecule has 0 aromatic rings. The Balaban J connectivity index is 3.97. The van der Waals surface area contributed by atoms with Crippen LogP contribution in [-0.2, 0) is 9.53 Å². The van der Waals surface area contributed by atoms with E-state index < -0.39 is 18.1 Å². The highest BCUT2D eigenvalue weighted by molar-refractivity contribution is 5.80. The molecule has 0 bridgehead atoms. The van der Waals surface area contributed by atoms with Crippen molar-refractivity contribution in [1.29, 1.82) is 0 Å². The van der Waals surface area contributed by atoms with Crippen LogP contribution in [0.2, 0.25) is 0 Å². The van der Waals surface area contributed by atoms with Crippen molar-refractivity contribution in [1.82, 2.24) is 5.32 Å². The predicted octanol–water partition coefficient (Wildman–Crippen LogP) is -1.90. The van der Waals surface area contributed by atoms with Crippen molar-refractivity contribution in [2.45, 2.75) is 12.2 Å². The summed E-state index contributed by atoms with van der Waals surface area (Å²) in [6, 6.07) is 0. The minimum absolute atomic E-state index is 0.384. The van der Waals surface area contributed by atoms with Crippen LogP contribution >= 0.6 is 0 Å². The van der Waals surface area contributed by atoms with Crippen LogP contribution in [0.25, 0.3) is 0 Å². The van der Waals surface area contributed by atoms with E-state index in [0.29, 0.717) is 0 Å². The van der Waals surface area contributed by atoms with Crippen molar-refractivity contribution in [3.63, 3.8) is 0 Å². The Bertz CT molecular complexity index is 124. The summed E-state index contributed by atoms with van der Waals surface area (Å²) in [5.41, 5.74) is 0. The molecule has 0 spiro atoms. The summed E-state index contributed by atoms with van der Waals surface area (Å²) in [6.45, 7) is -0.384. The van der Waals surface area contributed by atoms with Gasteiger partial charge < -0.3 is 20.3 Å². The Labute approximate surface area is 65.0 Å². The number of aliphatic hydroxyl groups excluding tert-OH is 2. The number of methoxy groups -OCH3 is 1. The number of ether oxygens (including phenoxy) is 1. The summed E-state index contributed by atoms with van der Waals surface area (Å²) < 4.78 is 4.62. The van der Waals surface area contributed by atoms with E-state index in [1.54, 1.807) is 0 Å². The third kappa shape index (κ3) is 2.83. The van der Waals surface area contributed by atoms with E-state index in [4.69, 9.17) is 10.2 Å². The van der Waals surface area contributed by atoms with Gasteiger partial charge in [-0.25, -0.2) is 0 Å². The second kappa shape index (κ2) is 5.06. The van der Waals surface area contributed by atoms with Crippen molar-refractivity contribution in [3.05, 3.63) is 0 Å². The van der Waals surface area contributed by atoms with Crippen molar-refractivity contribution >= 4 is 5.91 Å². The lowest BCUT2D eigenvalue weighted by molar-refractivity contribution is -0.138. The molecule has 0 aliphatic heterocycles. The van der Waals surface area contributed by atoms with Gasteiger partial charge in [0.05, 0.1) is 6.61 Å². The van der Waals surface area contributed by atoms with Crippen LogP contribution < -0.4 is 5.32 Å². The van der Waals surface area contributed by atoms with Gasteiger partial charge in [-0.2, -0.15) is 0 Å². The van der Waals surface area contributed by atoms with Gasteiger partial charge in [0.25, 0.3) is 5.91 Å². The van der Waals surface area contributed by atoms with Gasteiger partial charge in [0.15, 0.2) is 6.10 Å². The highest BCUT2D eigenvalue weighted by Gasteiger charge is 2.23. The molecule has 0 radical (unpaired) electrons. The monoisotopic (exact) mass is 163 g/mol. The van der Waals surface area contributed by atoms with E-state index in [1.807, 2.05) is 0 Å². The molecule has 1 amide bonds. The fourth-order valence-electron chi connectivity index (χ4n) is 0.620. The number of amides is 1. The van der Waals surface area contributed by atoms with Crippen LogP contribution in [0.3, 0.4) is 0 Å². The molecule has 0 fully saturated rings. The molecule has 0 rings (SSSR count). The molecule has 2 atom stereocenters. The second-order valence-electron chi connectivity index (χ2n) is 2.02. The Morgan fingerprint density at radius 3 is 2.55 bits per heavy atom. The molecule has 0 heterocycles. The van der Waals surface area contributed by atoms with E-state index in [1.165, 1.54) is 14.2 Å². The van der Waals surface area contributed by atoms with Crippen LogP contribution in [0.15, 0.2) is 0 Å². The molecule has 0 aliphatic rings. The maximum Gasteiger partial charge on any atom is 0.251 e. The van der Waals surface area contributed by atoms with Gasteiger partial charge in [-0.1, -0.05) is 0 Å². The van der Waals surface area contributed by atoms with Gasteiger partial charge in [-0.15, -0.1) is 0 Å². The van der Waals surface area contributed by atoms with Crippen LogP contribution in [0.4, 0.5) is 0 Å². The maximum atomic E-state index is 10.7. The molecule has 0 aromatic heterocycles. The first kappa shape index (κ1) is 10.3. The molecule has 11 heavy (non-hydrogen) atoms. The van der Waals surface area contributed by atoms with Gasteiger partial charge in [0.2, 0.25) is 0 Å². The van der Waals surface area contributed by atoms with Crippen molar-refractivity contribution in [2.24, 2.45) is 0 Å². The lowest BCUT2D eigenvalue weighted by Gasteiger charge is -2.17. The summed E-state index contributed by atoms with van der Waals surface area (Å²) in [7, 11) is 2.71. The lowest BCUT2D eigenvalue weighted by atomic mass is 10.2. The first-order chi connectivity index (χ1) is 5.17. The van der Waals surface area contributed by atoms with E-state index in [0.717, 1.165) is 0 Å². The lowest BCUT2D eigenvalue weighted by Crippen LogP contribution is -2.43. The first-order valence-corrected chi connectivity index (χ1v) is 3.20. The van der Waals surface area contributed by atoms with Gasteiger partial charge in [0.1, 0.15) is 6.10 Å². The largest absolute Gasteiger partial charge is 0.394 e. The summed E-state index contributed by atoms with van der Waals surface area (Å²) in [4.78, 5) is 10.7. The quantitative estimate of drug-likeness (QED) is 0.452. The van der Waals surface area contributed by atoms with E-state index >= 15 is 0 Å². The fourth-order valence-corrected chi connectivity index (χ4v) is 0.620. The standard InChI is InChI=1S/C6H13NO4/c1-7-6(10)5(9)4(3-8)11-2/h4-5,8-9H,3H2,1-2H3,(H,7,10). The van der Waals surface area contributed by atoms with Crippen LogP contribution in [0.5, 0.6) is 0 Å². The van der Waals surface area contributed by atoms with Gasteiger partial charge in [0, 0.05) is 14.2 Å². The zero-order valence-electron chi connectivity index (χ0n) is 6.57. The summed E-state index contributed by atoms with van der Waals surface area (Å²) in [6.07, 6.45) is -2.16. The normalized spacial score (nSPS) is 15.6. The third-order valence-corrected chi connectivity index (χ3v) is 1.35. The molecule has 66 valence electrons. The molecule has 5 nitrogen and oxygen atoms in total. The average molecular weight is 163 g/mol. The first-order valence-electron chi connectivity index (χ1n) is 3.20. The minimum atomic E-state index is -1.31. The highest BCUT2D eigenvalue weighted by Crippen LogP contribution is 1.96. The highest BCUT2D eigenvalue weighted by atomic mass is 16.5. The van der Waals surface area contributed by atoms with E-state index in [9.17, 15) is 4.79 Å². The molecule has 0 aliphatic carbocycles. The Kier molecular flexibility index (Phi) is 4.76. The smallest absolute Gasteiger partial charge is 0.251 e. The van der Waals surface area contributed by atoms with Gasteiger partial charge in [-0.3, -0.25) is 4.79 Å². The third-order valence-electron chi connectivity index (χ3n) is 1.35. The summed E-state index contributed by atoms with van der Waals surface area (Å²) in [5, 5.41) is 19.9. The molecule has 2 unspecified atom stereocenters. The van der Waals surface area contributed by atoms with Crippen molar-refractivity contribution in [3.8, 4) is 0 Å². The number of hydrogen-bond acceptors (Lipinski definition) is 4. The number of carbonyl (C=O) groups excluding carboxylic acids is 1. The predicted molar refractivity (Wildman–Crippen MR) is 38.0 cm³/mol. The number of rotatable bonds is 4. The number of nitrogens with one attached hydrogen (secondary N) is 1. The Morgan fingerprint density at radius 1 is 1.73 bits per heavy atom. The molecular weight excluding hydrogens is 150 g/mol. The minimum Gasteiger partial charge on any atom is -0.394 e. The number of likely N-dealkylation sites (N-methyl/N-ethyl adjacent to an activating group) is 1. The van der Waals surface area contributed by atoms with Gasteiger partial charge >= 0.3 is 0 Å². The Morgan fingerprint density at radius 2 is 2.27 bits per heavy atom. The van der Waals surface area contributed by atoms with Crippen LogP contribution in [-0.4, -0.2) is 49.1 Å². The maximum absolute atomic E-state index is 10.7. The molecule has 5 heteroatoms. The van der Waals surface area contributed by atoms with Gasteiger partial charge in [-0.05, 0) is 0 Å². The summed E-state index contributed by atoms with van der Waals surface area (Å²) in [5.74, 6) is -0.564. The van der Waals surface area contributed by atoms with Crippen molar-refractivity contribution < 1.29 is 19.7 Å². The van der Waals surface area contributed by atoms with Crippen LogP contribution in [0.1, 0.15) is 0 Å². The van der Waals surface area contributed by atoms with Crippen LogP contribution in [0, 0.1) is 0 Å². The zero-order chi connectivity index (χ0) is 8.85. The molecular formula is C6H13NO4. The molecule has 0 aromatic carbocycles. The fraction of sp³-hybridized carbons (Fsp3) is 0.833. The van der Waals surface area contributed by atoms with Crippen molar-refractivity contribution in [2.75, 3.05) is 20.8 Å². The second-order valence-corrected chi connectivity index (χ2v) is 2.02.